The van der Waals surface area contributed by atoms with Crippen LogP contribution in [0.15, 0.2) is 24.3 Å². The van der Waals surface area contributed by atoms with Crippen molar-refractivity contribution in [1.82, 2.24) is 5.32 Å². The molecule has 0 aliphatic carbocycles. The highest BCUT2D eigenvalue weighted by Gasteiger charge is 2.09. The van der Waals surface area contributed by atoms with Crippen LogP contribution in [0.1, 0.15) is 19.4 Å². The van der Waals surface area contributed by atoms with Gasteiger partial charge in [0, 0.05) is 31.9 Å². The van der Waals surface area contributed by atoms with Crippen molar-refractivity contribution in [1.29, 1.82) is 0 Å². The third kappa shape index (κ3) is 5.20. The van der Waals surface area contributed by atoms with Crippen LogP contribution >= 0.6 is 0 Å². The van der Waals surface area contributed by atoms with Crippen LogP contribution in [0, 0.1) is 6.92 Å². The number of aryl methyl sites for hydroxylation is 1. The van der Waals surface area contributed by atoms with Crippen LogP contribution in [0.25, 0.3) is 0 Å². The molecule has 17 heavy (non-hydrogen) atoms. The van der Waals surface area contributed by atoms with Gasteiger partial charge in [0.1, 0.15) is 0 Å². The Morgan fingerprint density at radius 3 is 2.65 bits per heavy atom. The highest BCUT2D eigenvalue weighted by molar-refractivity contribution is 5.47. The van der Waals surface area contributed by atoms with E-state index in [0.717, 1.165) is 5.69 Å². The second-order valence-electron chi connectivity index (χ2n) is 4.94. The fourth-order valence-corrected chi connectivity index (χ4v) is 1.72. The van der Waals surface area contributed by atoms with E-state index in [1.165, 1.54) is 5.56 Å². The van der Waals surface area contributed by atoms with Crippen molar-refractivity contribution in [3.63, 3.8) is 0 Å². The van der Waals surface area contributed by atoms with Crippen molar-refractivity contribution in [2.75, 3.05) is 25.0 Å². The van der Waals surface area contributed by atoms with Gasteiger partial charge in [-0.05, 0) is 24.6 Å². The summed E-state index contributed by atoms with van der Waals surface area (Å²) >= 11 is 0. The summed E-state index contributed by atoms with van der Waals surface area (Å²) in [6.07, 6.45) is -0.345. The Bertz CT molecular complexity index is 339. The van der Waals surface area contributed by atoms with Crippen molar-refractivity contribution < 1.29 is 5.11 Å². The highest BCUT2D eigenvalue weighted by atomic mass is 16.3. The van der Waals surface area contributed by atoms with Gasteiger partial charge < -0.3 is 15.3 Å². The molecule has 1 aromatic carbocycles. The van der Waals surface area contributed by atoms with Crippen molar-refractivity contribution in [3.05, 3.63) is 29.8 Å². The molecule has 1 unspecified atom stereocenters. The van der Waals surface area contributed by atoms with Gasteiger partial charge in [-0.15, -0.1) is 0 Å². The molecule has 2 N–H and O–H groups in total. The molecular formula is C14H24N2O. The Kier molecular flexibility index (Phi) is 5.45. The molecule has 96 valence electrons. The van der Waals surface area contributed by atoms with Gasteiger partial charge in [-0.3, -0.25) is 0 Å². The summed E-state index contributed by atoms with van der Waals surface area (Å²) in [5.74, 6) is 0. The minimum atomic E-state index is -0.345. The van der Waals surface area contributed by atoms with Crippen LogP contribution in [-0.4, -0.2) is 37.4 Å². The number of nitrogens with zero attached hydrogens (tertiary/aromatic N) is 1. The number of benzene rings is 1. The lowest BCUT2D eigenvalue weighted by atomic mass is 10.2. The fourth-order valence-electron chi connectivity index (χ4n) is 1.72. The number of anilines is 1. The molecule has 0 bridgehead atoms. The lowest BCUT2D eigenvalue weighted by Crippen LogP contribution is -2.38. The Morgan fingerprint density at radius 2 is 2.06 bits per heavy atom. The third-order valence-corrected chi connectivity index (χ3v) is 2.69. The summed E-state index contributed by atoms with van der Waals surface area (Å²) in [4.78, 5) is 2.08. The van der Waals surface area contributed by atoms with Gasteiger partial charge in [-0.25, -0.2) is 0 Å². The number of aliphatic hydroxyl groups excluding tert-OH is 1. The molecule has 1 atom stereocenters. The molecule has 1 aromatic rings. The largest absolute Gasteiger partial charge is 0.390 e. The second kappa shape index (κ2) is 6.62. The van der Waals surface area contributed by atoms with Crippen LogP contribution in [0.2, 0.25) is 0 Å². The van der Waals surface area contributed by atoms with Crippen LogP contribution in [-0.2, 0) is 0 Å². The zero-order valence-corrected chi connectivity index (χ0v) is 11.3. The van der Waals surface area contributed by atoms with Crippen LogP contribution < -0.4 is 10.2 Å². The monoisotopic (exact) mass is 236 g/mol. The first-order valence-electron chi connectivity index (χ1n) is 6.18. The molecule has 0 fully saturated rings. The maximum atomic E-state index is 9.89. The second-order valence-corrected chi connectivity index (χ2v) is 4.94. The summed E-state index contributed by atoms with van der Waals surface area (Å²) in [6.45, 7) is 7.51. The molecule has 0 radical (unpaired) electrons. The predicted molar refractivity (Wildman–Crippen MR) is 73.6 cm³/mol. The molecule has 1 rings (SSSR count). The van der Waals surface area contributed by atoms with Crippen LogP contribution in [0.3, 0.4) is 0 Å². The standard InChI is InChI=1S/C14H24N2O/c1-11(2)15-9-14(17)10-16(4)13-7-5-6-12(3)8-13/h5-8,11,14-15,17H,9-10H2,1-4H3. The minimum Gasteiger partial charge on any atom is -0.390 e. The first kappa shape index (κ1) is 14.0. The highest BCUT2D eigenvalue weighted by Crippen LogP contribution is 2.14. The SMILES string of the molecule is Cc1cccc(N(C)CC(O)CNC(C)C)c1. The number of hydrogen-bond acceptors (Lipinski definition) is 3. The molecular weight excluding hydrogens is 212 g/mol. The number of aliphatic hydroxyl groups is 1. The van der Waals surface area contributed by atoms with Gasteiger partial charge in [0.25, 0.3) is 0 Å². The average Bonchev–Trinajstić information content (AvgIpc) is 2.26. The zero-order valence-electron chi connectivity index (χ0n) is 11.3. The predicted octanol–water partition coefficient (Wildman–Crippen LogP) is 1.79. The Hall–Kier alpha value is -1.06. The van der Waals surface area contributed by atoms with E-state index in [0.29, 0.717) is 19.1 Å². The smallest absolute Gasteiger partial charge is 0.0839 e. The van der Waals surface area contributed by atoms with Crippen molar-refractivity contribution in [3.8, 4) is 0 Å². The summed E-state index contributed by atoms with van der Waals surface area (Å²) in [5.41, 5.74) is 2.39. The van der Waals surface area contributed by atoms with Crippen molar-refractivity contribution >= 4 is 5.69 Å². The lowest BCUT2D eigenvalue weighted by Gasteiger charge is -2.24. The molecule has 0 aliphatic heterocycles. The third-order valence-electron chi connectivity index (χ3n) is 2.69. The van der Waals surface area contributed by atoms with Crippen LogP contribution in [0.5, 0.6) is 0 Å². The fraction of sp³-hybridized carbons (Fsp3) is 0.571. The Balaban J connectivity index is 2.45. The number of rotatable bonds is 6. The molecule has 0 saturated heterocycles. The normalized spacial score (nSPS) is 12.8. The Morgan fingerprint density at radius 1 is 1.35 bits per heavy atom. The van der Waals surface area contributed by atoms with Crippen molar-refractivity contribution in [2.24, 2.45) is 0 Å². The van der Waals surface area contributed by atoms with E-state index in [1.807, 2.05) is 13.1 Å². The molecule has 0 saturated carbocycles. The van der Waals surface area contributed by atoms with E-state index < -0.39 is 0 Å². The topological polar surface area (TPSA) is 35.5 Å². The lowest BCUT2D eigenvalue weighted by molar-refractivity contribution is 0.175. The molecule has 0 amide bonds. The summed E-state index contributed by atoms with van der Waals surface area (Å²) in [7, 11) is 2.01. The molecule has 0 heterocycles. The van der Waals surface area contributed by atoms with E-state index in [4.69, 9.17) is 0 Å². The molecule has 3 nitrogen and oxygen atoms in total. The quantitative estimate of drug-likeness (QED) is 0.790. The Labute approximate surface area is 104 Å². The van der Waals surface area contributed by atoms with Gasteiger partial charge in [0.2, 0.25) is 0 Å². The summed E-state index contributed by atoms with van der Waals surface area (Å²) in [6, 6.07) is 8.72. The summed E-state index contributed by atoms with van der Waals surface area (Å²) in [5, 5.41) is 13.1. The van der Waals surface area contributed by atoms with E-state index in [1.54, 1.807) is 0 Å². The van der Waals surface area contributed by atoms with E-state index in [9.17, 15) is 5.11 Å². The van der Waals surface area contributed by atoms with Gasteiger partial charge in [-0.1, -0.05) is 26.0 Å². The van der Waals surface area contributed by atoms with E-state index >= 15 is 0 Å². The van der Waals surface area contributed by atoms with E-state index in [-0.39, 0.29) is 6.10 Å². The molecule has 0 aromatic heterocycles. The number of nitrogens with one attached hydrogen (secondary N) is 1. The van der Waals surface area contributed by atoms with Gasteiger partial charge in [-0.2, -0.15) is 0 Å². The van der Waals surface area contributed by atoms with Gasteiger partial charge in [0.05, 0.1) is 6.10 Å². The van der Waals surface area contributed by atoms with Gasteiger partial charge in [0.15, 0.2) is 0 Å². The van der Waals surface area contributed by atoms with Gasteiger partial charge >= 0.3 is 0 Å². The first-order chi connectivity index (χ1) is 7.99. The molecule has 0 spiro atoms. The maximum absolute atomic E-state index is 9.89. The zero-order chi connectivity index (χ0) is 12.8. The van der Waals surface area contributed by atoms with Crippen molar-refractivity contribution in [2.45, 2.75) is 32.9 Å². The van der Waals surface area contributed by atoms with Crippen LogP contribution in [0.4, 0.5) is 5.69 Å². The number of hydrogen-bond donors (Lipinski definition) is 2. The first-order valence-corrected chi connectivity index (χ1v) is 6.18. The maximum Gasteiger partial charge on any atom is 0.0839 e. The molecule has 0 aliphatic rings. The molecule has 3 heteroatoms. The number of likely N-dealkylation sites (N-methyl/N-ethyl adjacent to an activating group) is 1. The minimum absolute atomic E-state index is 0.345. The summed E-state index contributed by atoms with van der Waals surface area (Å²) < 4.78 is 0. The van der Waals surface area contributed by atoms with E-state index in [2.05, 4.69) is 49.2 Å². The average molecular weight is 236 g/mol.